The summed E-state index contributed by atoms with van der Waals surface area (Å²) in [6, 6.07) is 25.3. The highest BCUT2D eigenvalue weighted by Gasteiger charge is 2.34. The first-order valence-electron chi connectivity index (χ1n) is 11.5. The van der Waals surface area contributed by atoms with Gasteiger partial charge in [-0.05, 0) is 82.4 Å². The molecule has 0 bridgehead atoms. The number of thioether (sulfide) groups is 1. The number of ether oxygens (including phenoxy) is 2. The Morgan fingerprint density at radius 2 is 1.78 bits per heavy atom. The van der Waals surface area contributed by atoms with Gasteiger partial charge in [0.05, 0.1) is 20.8 Å². The maximum Gasteiger partial charge on any atom is 0.270 e. The second-order valence-electron chi connectivity index (χ2n) is 8.19. The van der Waals surface area contributed by atoms with E-state index in [-0.39, 0.29) is 5.91 Å². The molecule has 1 fully saturated rings. The minimum atomic E-state index is -0.137. The zero-order valence-corrected chi connectivity index (χ0v) is 24.3. The van der Waals surface area contributed by atoms with Gasteiger partial charge in [0, 0.05) is 10.4 Å². The maximum absolute atomic E-state index is 13.5. The lowest BCUT2D eigenvalue weighted by molar-refractivity contribution is -0.113. The summed E-state index contributed by atoms with van der Waals surface area (Å²) in [4.78, 5) is 15.7. The van der Waals surface area contributed by atoms with E-state index in [0.717, 1.165) is 31.2 Å². The second-order valence-corrected chi connectivity index (χ2v) is 11.5. The van der Waals surface area contributed by atoms with Crippen LogP contribution >= 0.6 is 58.2 Å². The molecule has 0 N–H and O–H groups in total. The smallest absolute Gasteiger partial charge is 0.270 e. The number of thiocarbonyl (C=S) groups is 1. The quantitative estimate of drug-likeness (QED) is 0.113. The van der Waals surface area contributed by atoms with Gasteiger partial charge in [0.15, 0.2) is 15.8 Å². The number of fused-ring (bicyclic) bond motifs is 1. The van der Waals surface area contributed by atoms with Gasteiger partial charge in [0.2, 0.25) is 0 Å². The number of anilines is 1. The van der Waals surface area contributed by atoms with Crippen LogP contribution in [0.1, 0.15) is 18.1 Å². The predicted octanol–water partition coefficient (Wildman–Crippen LogP) is 8.48. The van der Waals surface area contributed by atoms with Crippen LogP contribution in [0.5, 0.6) is 11.5 Å². The summed E-state index contributed by atoms with van der Waals surface area (Å²) in [6.45, 7) is 2.80. The van der Waals surface area contributed by atoms with Crippen LogP contribution in [-0.2, 0) is 11.4 Å². The molecule has 186 valence electrons. The summed E-state index contributed by atoms with van der Waals surface area (Å²) in [5, 5.41) is 2.73. The van der Waals surface area contributed by atoms with Crippen molar-refractivity contribution in [3.63, 3.8) is 0 Å². The van der Waals surface area contributed by atoms with Crippen molar-refractivity contribution in [1.29, 1.82) is 0 Å². The van der Waals surface area contributed by atoms with E-state index in [1.165, 1.54) is 11.8 Å². The molecule has 1 aliphatic rings. The Morgan fingerprint density at radius 1 is 1.03 bits per heavy atom. The lowest BCUT2D eigenvalue weighted by atomic mass is 10.1. The molecule has 1 saturated heterocycles. The SMILES string of the molecule is CCOc1cc(/C=C2\SC(=S)N(c3cccc4ccccc34)C2=O)cc(I)c1OCc1ccc(Cl)cc1. The standard InChI is InChI=1S/C29H21ClINO3S2/c1-2-34-25-15-19(14-23(31)27(25)35-17-18-10-12-21(30)13-11-18)16-26-28(33)32(29(36)37-26)24-9-5-7-20-6-3-4-8-22(20)24/h3-16H,2,17H2,1H3/b26-16-. The number of amides is 1. The molecule has 4 aromatic rings. The van der Waals surface area contributed by atoms with Crippen LogP contribution in [0.4, 0.5) is 5.69 Å². The van der Waals surface area contributed by atoms with E-state index in [1.807, 2.05) is 91.9 Å². The molecule has 37 heavy (non-hydrogen) atoms. The molecular formula is C29H21ClINO3S2. The van der Waals surface area contributed by atoms with Crippen molar-refractivity contribution < 1.29 is 14.3 Å². The third-order valence-electron chi connectivity index (χ3n) is 5.73. The molecule has 1 aliphatic heterocycles. The Bertz CT molecular complexity index is 1530. The second kappa shape index (κ2) is 11.4. The van der Waals surface area contributed by atoms with Crippen molar-refractivity contribution in [2.24, 2.45) is 0 Å². The number of nitrogens with zero attached hydrogens (tertiary/aromatic N) is 1. The van der Waals surface area contributed by atoms with E-state index in [0.29, 0.717) is 39.0 Å². The lowest BCUT2D eigenvalue weighted by Crippen LogP contribution is -2.27. The molecule has 5 rings (SSSR count). The molecular weight excluding hydrogens is 637 g/mol. The summed E-state index contributed by atoms with van der Waals surface area (Å²) in [6.07, 6.45) is 1.86. The molecule has 0 atom stereocenters. The van der Waals surface area contributed by atoms with Crippen LogP contribution < -0.4 is 14.4 Å². The fourth-order valence-electron chi connectivity index (χ4n) is 4.04. The first-order chi connectivity index (χ1) is 17.9. The van der Waals surface area contributed by atoms with Crippen molar-refractivity contribution in [3.8, 4) is 11.5 Å². The summed E-state index contributed by atoms with van der Waals surface area (Å²) < 4.78 is 13.4. The highest BCUT2D eigenvalue weighted by Crippen LogP contribution is 2.40. The van der Waals surface area contributed by atoms with Crippen LogP contribution in [0.15, 0.2) is 83.8 Å². The molecule has 1 heterocycles. The molecule has 1 amide bonds. The van der Waals surface area contributed by atoms with Gasteiger partial charge in [-0.1, -0.05) is 84.1 Å². The van der Waals surface area contributed by atoms with Crippen molar-refractivity contribution in [3.05, 3.63) is 103 Å². The van der Waals surface area contributed by atoms with Crippen LogP contribution in [0.3, 0.4) is 0 Å². The fourth-order valence-corrected chi connectivity index (χ4v) is 6.23. The van der Waals surface area contributed by atoms with Crippen LogP contribution in [0.25, 0.3) is 16.8 Å². The third kappa shape index (κ3) is 5.65. The van der Waals surface area contributed by atoms with Crippen LogP contribution in [-0.4, -0.2) is 16.8 Å². The minimum absolute atomic E-state index is 0.137. The van der Waals surface area contributed by atoms with Crippen molar-refractivity contribution in [2.75, 3.05) is 11.5 Å². The topological polar surface area (TPSA) is 38.8 Å². The zero-order valence-electron chi connectivity index (χ0n) is 19.7. The Balaban J connectivity index is 1.43. The lowest BCUT2D eigenvalue weighted by Gasteiger charge is -2.17. The van der Waals surface area contributed by atoms with E-state index in [4.69, 9.17) is 33.3 Å². The van der Waals surface area contributed by atoms with Gasteiger partial charge in [0.1, 0.15) is 6.61 Å². The Morgan fingerprint density at radius 3 is 2.57 bits per heavy atom. The van der Waals surface area contributed by atoms with E-state index in [1.54, 1.807) is 4.90 Å². The summed E-state index contributed by atoms with van der Waals surface area (Å²) in [5.74, 6) is 1.15. The van der Waals surface area contributed by atoms with Gasteiger partial charge in [-0.15, -0.1) is 0 Å². The van der Waals surface area contributed by atoms with Crippen molar-refractivity contribution in [1.82, 2.24) is 0 Å². The Kier molecular flexibility index (Phi) is 8.04. The normalized spacial score (nSPS) is 14.6. The average molecular weight is 658 g/mol. The van der Waals surface area contributed by atoms with Gasteiger partial charge in [-0.3, -0.25) is 9.69 Å². The van der Waals surface area contributed by atoms with Crippen molar-refractivity contribution in [2.45, 2.75) is 13.5 Å². The highest BCUT2D eigenvalue weighted by molar-refractivity contribution is 14.1. The first kappa shape index (κ1) is 26.0. The monoisotopic (exact) mass is 657 g/mol. The minimum Gasteiger partial charge on any atom is -0.490 e. The number of carbonyl (C=O) groups is 1. The molecule has 0 unspecified atom stereocenters. The number of carbonyl (C=O) groups excluding carboxylic acids is 1. The molecule has 0 radical (unpaired) electrons. The van der Waals surface area contributed by atoms with Gasteiger partial charge < -0.3 is 9.47 Å². The molecule has 0 saturated carbocycles. The predicted molar refractivity (Wildman–Crippen MR) is 166 cm³/mol. The molecule has 8 heteroatoms. The Hall–Kier alpha value is -2.59. The molecule has 4 nitrogen and oxygen atoms in total. The van der Waals surface area contributed by atoms with Crippen molar-refractivity contribution >= 4 is 90.9 Å². The van der Waals surface area contributed by atoms with Gasteiger partial charge in [-0.25, -0.2) is 0 Å². The van der Waals surface area contributed by atoms with Gasteiger partial charge >= 0.3 is 0 Å². The Labute approximate surface area is 243 Å². The highest BCUT2D eigenvalue weighted by atomic mass is 127. The van der Waals surface area contributed by atoms with E-state index in [2.05, 4.69) is 22.6 Å². The number of hydrogen-bond acceptors (Lipinski definition) is 5. The average Bonchev–Trinajstić information content (AvgIpc) is 3.16. The van der Waals surface area contributed by atoms with Gasteiger partial charge in [0.25, 0.3) is 5.91 Å². The largest absolute Gasteiger partial charge is 0.490 e. The van der Waals surface area contributed by atoms with E-state index >= 15 is 0 Å². The van der Waals surface area contributed by atoms with Crippen LogP contribution in [0, 0.1) is 3.57 Å². The zero-order chi connectivity index (χ0) is 25.9. The number of benzene rings is 4. The molecule has 4 aromatic carbocycles. The summed E-state index contributed by atoms with van der Waals surface area (Å²) >= 11 is 15.2. The van der Waals surface area contributed by atoms with Crippen LogP contribution in [0.2, 0.25) is 5.02 Å². The summed E-state index contributed by atoms with van der Waals surface area (Å²) in [5.41, 5.74) is 2.63. The number of halogens is 2. The fraction of sp³-hybridized carbons (Fsp3) is 0.103. The maximum atomic E-state index is 13.5. The third-order valence-corrected chi connectivity index (χ3v) is 8.08. The molecule has 0 spiro atoms. The molecule has 0 aromatic heterocycles. The summed E-state index contributed by atoms with van der Waals surface area (Å²) in [7, 11) is 0. The van der Waals surface area contributed by atoms with E-state index < -0.39 is 0 Å². The first-order valence-corrected chi connectivity index (χ1v) is 14.2. The number of hydrogen-bond donors (Lipinski definition) is 0. The van der Waals surface area contributed by atoms with E-state index in [9.17, 15) is 4.79 Å². The number of rotatable bonds is 7. The molecule has 0 aliphatic carbocycles. The van der Waals surface area contributed by atoms with Gasteiger partial charge in [-0.2, -0.15) is 0 Å².